The van der Waals surface area contributed by atoms with Gasteiger partial charge >= 0.3 is 6.09 Å². The molecule has 2 aromatic rings. The van der Waals surface area contributed by atoms with Crippen LogP contribution in [0.1, 0.15) is 38.6 Å². The number of hydrogen-bond donors (Lipinski definition) is 1. The number of aliphatic hydroxyl groups is 1. The van der Waals surface area contributed by atoms with E-state index >= 15 is 0 Å². The molecule has 1 aromatic heterocycles. The number of nitrogens with zero attached hydrogens (tertiary/aromatic N) is 2. The van der Waals surface area contributed by atoms with Gasteiger partial charge in [-0.1, -0.05) is 11.6 Å². The van der Waals surface area contributed by atoms with Crippen LogP contribution in [-0.4, -0.2) is 39.8 Å². The van der Waals surface area contributed by atoms with E-state index in [0.717, 1.165) is 10.2 Å². The van der Waals surface area contributed by atoms with Gasteiger partial charge in [0.15, 0.2) is 0 Å². The van der Waals surface area contributed by atoms with Gasteiger partial charge in [-0.3, -0.25) is 0 Å². The number of aromatic nitrogens is 1. The molecule has 3 rings (SSSR count). The maximum absolute atomic E-state index is 12.1. The molecule has 7 heteroatoms. The highest BCUT2D eigenvalue weighted by atomic mass is 35.5. The lowest BCUT2D eigenvalue weighted by molar-refractivity contribution is -0.0356. The first-order valence-corrected chi connectivity index (χ1v) is 9.13. The molecular weight excluding hydrogens is 348 g/mol. The van der Waals surface area contributed by atoms with Gasteiger partial charge in [-0.05, 0) is 39.0 Å². The van der Waals surface area contributed by atoms with Gasteiger partial charge in [-0.25, -0.2) is 9.78 Å². The summed E-state index contributed by atoms with van der Waals surface area (Å²) in [6.45, 7) is 6.43. The number of carbonyl (C=O) groups excluding carboxylic acids is 1. The van der Waals surface area contributed by atoms with E-state index in [9.17, 15) is 9.90 Å². The number of likely N-dealkylation sites (tertiary alicyclic amines) is 1. The van der Waals surface area contributed by atoms with Gasteiger partial charge in [0.05, 0.1) is 10.2 Å². The van der Waals surface area contributed by atoms with Crippen molar-refractivity contribution < 1.29 is 14.6 Å². The van der Waals surface area contributed by atoms with E-state index in [2.05, 4.69) is 4.98 Å². The summed E-state index contributed by atoms with van der Waals surface area (Å²) in [5.74, 6) is 0. The predicted octanol–water partition coefficient (Wildman–Crippen LogP) is 4.17. The van der Waals surface area contributed by atoms with E-state index in [1.54, 1.807) is 11.0 Å². The molecule has 1 aliphatic rings. The molecule has 0 unspecified atom stereocenters. The molecule has 5 nitrogen and oxygen atoms in total. The number of thiazole rings is 1. The largest absolute Gasteiger partial charge is 0.444 e. The highest BCUT2D eigenvalue weighted by molar-refractivity contribution is 7.18. The lowest BCUT2D eigenvalue weighted by Gasteiger charge is -2.37. The van der Waals surface area contributed by atoms with Crippen molar-refractivity contribution in [2.75, 3.05) is 13.1 Å². The molecule has 0 saturated carbocycles. The lowest BCUT2D eigenvalue weighted by atomic mass is 9.92. The number of amides is 1. The number of ether oxygens (including phenoxy) is 1. The van der Waals surface area contributed by atoms with E-state index < -0.39 is 11.2 Å². The number of piperidine rings is 1. The lowest BCUT2D eigenvalue weighted by Crippen LogP contribution is -2.46. The third-order valence-corrected chi connectivity index (χ3v) is 5.45. The van der Waals surface area contributed by atoms with Gasteiger partial charge in [0.2, 0.25) is 0 Å². The van der Waals surface area contributed by atoms with E-state index in [-0.39, 0.29) is 6.09 Å². The molecular formula is C17H21ClN2O3S. The Morgan fingerprint density at radius 1 is 1.38 bits per heavy atom. The first-order valence-electron chi connectivity index (χ1n) is 7.93. The van der Waals surface area contributed by atoms with Crippen molar-refractivity contribution in [3.63, 3.8) is 0 Å². The van der Waals surface area contributed by atoms with E-state index in [1.807, 2.05) is 32.9 Å². The van der Waals surface area contributed by atoms with Gasteiger partial charge in [-0.2, -0.15) is 0 Å². The van der Waals surface area contributed by atoms with Crippen LogP contribution in [0.2, 0.25) is 5.02 Å². The molecule has 2 heterocycles. The van der Waals surface area contributed by atoms with Gasteiger partial charge in [-0.15, -0.1) is 11.3 Å². The second kappa shape index (κ2) is 6.17. The van der Waals surface area contributed by atoms with Crippen molar-refractivity contribution in [3.8, 4) is 0 Å². The van der Waals surface area contributed by atoms with Crippen LogP contribution in [0, 0.1) is 0 Å². The molecule has 1 fully saturated rings. The molecule has 24 heavy (non-hydrogen) atoms. The number of benzene rings is 1. The summed E-state index contributed by atoms with van der Waals surface area (Å²) >= 11 is 7.48. The fourth-order valence-electron chi connectivity index (χ4n) is 2.70. The smallest absolute Gasteiger partial charge is 0.410 e. The van der Waals surface area contributed by atoms with Crippen molar-refractivity contribution >= 4 is 39.2 Å². The number of fused-ring (bicyclic) bond motifs is 1. The maximum atomic E-state index is 12.1. The fraction of sp³-hybridized carbons (Fsp3) is 0.529. The topological polar surface area (TPSA) is 62.7 Å². The SMILES string of the molecule is CC(C)(C)OC(=O)N1CCC(O)(c2nc3cc(Cl)ccc3s2)CC1. The van der Waals surface area contributed by atoms with E-state index in [1.165, 1.54) is 11.3 Å². The highest BCUT2D eigenvalue weighted by Gasteiger charge is 2.39. The molecule has 1 amide bonds. The fourth-order valence-corrected chi connectivity index (χ4v) is 3.96. The Morgan fingerprint density at radius 3 is 2.67 bits per heavy atom. The minimum atomic E-state index is -1.01. The number of hydrogen-bond acceptors (Lipinski definition) is 5. The van der Waals surface area contributed by atoms with Crippen molar-refractivity contribution in [3.05, 3.63) is 28.2 Å². The Labute approximate surface area is 150 Å². The third-order valence-electron chi connectivity index (χ3n) is 3.99. The third kappa shape index (κ3) is 3.66. The summed E-state index contributed by atoms with van der Waals surface area (Å²) in [6.07, 6.45) is 0.556. The Kier molecular flexibility index (Phi) is 4.49. The molecule has 130 valence electrons. The molecule has 1 saturated heterocycles. The average molecular weight is 369 g/mol. The van der Waals surface area contributed by atoms with Crippen molar-refractivity contribution in [1.29, 1.82) is 0 Å². The summed E-state index contributed by atoms with van der Waals surface area (Å²) < 4.78 is 6.39. The van der Waals surface area contributed by atoms with Crippen molar-refractivity contribution in [2.24, 2.45) is 0 Å². The molecule has 1 aromatic carbocycles. The van der Waals surface area contributed by atoms with Crippen LogP contribution < -0.4 is 0 Å². The molecule has 0 spiro atoms. The quantitative estimate of drug-likeness (QED) is 0.820. The molecule has 0 radical (unpaired) electrons. The summed E-state index contributed by atoms with van der Waals surface area (Å²) in [4.78, 5) is 18.3. The molecule has 0 bridgehead atoms. The van der Waals surface area contributed by atoms with E-state index in [4.69, 9.17) is 16.3 Å². The minimum Gasteiger partial charge on any atom is -0.444 e. The molecule has 1 aliphatic heterocycles. The second-order valence-electron chi connectivity index (χ2n) is 7.13. The Morgan fingerprint density at radius 2 is 2.04 bits per heavy atom. The van der Waals surface area contributed by atoms with E-state index in [0.29, 0.717) is 36.0 Å². The monoisotopic (exact) mass is 368 g/mol. The van der Waals surface area contributed by atoms with Crippen LogP contribution >= 0.6 is 22.9 Å². The summed E-state index contributed by atoms with van der Waals surface area (Å²) in [6, 6.07) is 5.54. The van der Waals surface area contributed by atoms with Gasteiger partial charge < -0.3 is 14.7 Å². The Hall–Kier alpha value is -1.37. The van der Waals surface area contributed by atoms with Crippen LogP contribution in [-0.2, 0) is 10.3 Å². The predicted molar refractivity (Wildman–Crippen MR) is 95.6 cm³/mol. The van der Waals surface area contributed by atoms with Crippen LogP contribution in [0.3, 0.4) is 0 Å². The van der Waals surface area contributed by atoms with Crippen LogP contribution in [0.4, 0.5) is 4.79 Å². The van der Waals surface area contributed by atoms with Crippen molar-refractivity contribution in [2.45, 2.75) is 44.8 Å². The first kappa shape index (κ1) is 17.5. The number of rotatable bonds is 1. The Balaban J connectivity index is 1.72. The van der Waals surface area contributed by atoms with Gasteiger partial charge in [0.1, 0.15) is 16.2 Å². The molecule has 1 N–H and O–H groups in total. The zero-order chi connectivity index (χ0) is 17.5. The van der Waals surface area contributed by atoms with Crippen LogP contribution in [0.25, 0.3) is 10.2 Å². The van der Waals surface area contributed by atoms with Crippen molar-refractivity contribution in [1.82, 2.24) is 9.88 Å². The zero-order valence-electron chi connectivity index (χ0n) is 14.0. The first-order chi connectivity index (χ1) is 11.2. The maximum Gasteiger partial charge on any atom is 0.410 e. The number of carbonyl (C=O) groups is 1. The summed E-state index contributed by atoms with van der Waals surface area (Å²) in [7, 11) is 0. The summed E-state index contributed by atoms with van der Waals surface area (Å²) in [5, 5.41) is 12.3. The minimum absolute atomic E-state index is 0.333. The molecule has 0 atom stereocenters. The normalized spacial score (nSPS) is 18.0. The average Bonchev–Trinajstić information content (AvgIpc) is 2.90. The Bertz CT molecular complexity index is 761. The van der Waals surface area contributed by atoms with Gasteiger partial charge in [0.25, 0.3) is 0 Å². The highest BCUT2D eigenvalue weighted by Crippen LogP contribution is 2.38. The zero-order valence-corrected chi connectivity index (χ0v) is 15.6. The number of halogens is 1. The van der Waals surface area contributed by atoms with Gasteiger partial charge in [0, 0.05) is 31.0 Å². The second-order valence-corrected chi connectivity index (χ2v) is 8.60. The summed E-state index contributed by atoms with van der Waals surface area (Å²) in [5.41, 5.74) is -0.725. The molecule has 0 aliphatic carbocycles. The van der Waals surface area contributed by atoms with Crippen LogP contribution in [0.5, 0.6) is 0 Å². The standard InChI is InChI=1S/C17H21ClN2O3S/c1-16(2,3)23-15(21)20-8-6-17(22,7-9-20)14-19-12-10-11(18)4-5-13(12)24-14/h4-5,10,22H,6-9H2,1-3H3. The van der Waals surface area contributed by atoms with Crippen LogP contribution in [0.15, 0.2) is 18.2 Å².